The summed E-state index contributed by atoms with van der Waals surface area (Å²) in [6.07, 6.45) is 5.26. The van der Waals surface area contributed by atoms with Gasteiger partial charge in [0.15, 0.2) is 0 Å². The average molecular weight is 186 g/mol. The summed E-state index contributed by atoms with van der Waals surface area (Å²) in [7, 11) is 2.17. The Morgan fingerprint density at radius 3 is 3.08 bits per heavy atom. The predicted molar refractivity (Wildman–Crippen MR) is 54.8 cm³/mol. The predicted octanol–water partition coefficient (Wildman–Crippen LogP) is 0.836. The summed E-state index contributed by atoms with van der Waals surface area (Å²) >= 11 is 0. The maximum absolute atomic E-state index is 5.75. The van der Waals surface area contributed by atoms with Crippen LogP contribution in [0, 0.1) is 0 Å². The van der Waals surface area contributed by atoms with E-state index in [1.54, 1.807) is 0 Å². The van der Waals surface area contributed by atoms with Crippen LogP contribution in [0.25, 0.3) is 0 Å². The monoisotopic (exact) mass is 186 g/mol. The Balaban J connectivity index is 2.15. The van der Waals surface area contributed by atoms with Gasteiger partial charge in [-0.1, -0.05) is 0 Å². The molecule has 0 radical (unpaired) electrons. The minimum atomic E-state index is 0.444. The fraction of sp³-hybridized carbons (Fsp3) is 1.00. The van der Waals surface area contributed by atoms with Crippen molar-refractivity contribution in [3.8, 4) is 0 Å². The third-order valence-electron chi connectivity index (χ3n) is 2.53. The average Bonchev–Trinajstić information content (AvgIpc) is 2.31. The quantitative estimate of drug-likeness (QED) is 0.661. The first-order valence-corrected chi connectivity index (χ1v) is 5.33. The molecule has 78 valence electrons. The minimum Gasteiger partial charge on any atom is -0.377 e. The lowest BCUT2D eigenvalue weighted by Crippen LogP contribution is -2.29. The lowest BCUT2D eigenvalue weighted by Gasteiger charge is -2.20. The summed E-state index contributed by atoms with van der Waals surface area (Å²) in [5.41, 5.74) is 5.41. The van der Waals surface area contributed by atoms with Crippen molar-refractivity contribution in [1.29, 1.82) is 0 Å². The molecule has 0 aromatic heterocycles. The number of ether oxygens (including phenoxy) is 1. The molecule has 3 nitrogen and oxygen atoms in total. The van der Waals surface area contributed by atoms with Crippen molar-refractivity contribution in [2.24, 2.45) is 5.73 Å². The number of likely N-dealkylation sites (N-methyl/N-ethyl adjacent to an activating group) is 1. The van der Waals surface area contributed by atoms with Crippen LogP contribution in [0.5, 0.6) is 0 Å². The van der Waals surface area contributed by atoms with Crippen LogP contribution in [0.3, 0.4) is 0 Å². The van der Waals surface area contributed by atoms with Gasteiger partial charge in [0.25, 0.3) is 0 Å². The van der Waals surface area contributed by atoms with Crippen LogP contribution >= 0.6 is 0 Å². The normalized spacial score (nSPS) is 25.8. The molecule has 0 spiro atoms. The third kappa shape index (κ3) is 4.60. The molecule has 0 amide bonds. The van der Waals surface area contributed by atoms with Crippen LogP contribution in [0.4, 0.5) is 0 Å². The molecule has 0 aromatic carbocycles. The summed E-state index contributed by atoms with van der Waals surface area (Å²) in [5, 5.41) is 0. The van der Waals surface area contributed by atoms with Gasteiger partial charge in [-0.3, -0.25) is 0 Å². The molecule has 3 heteroatoms. The number of likely N-dealkylation sites (tertiary alicyclic amines) is 1. The van der Waals surface area contributed by atoms with Crippen molar-refractivity contribution in [2.75, 3.05) is 33.3 Å². The van der Waals surface area contributed by atoms with Gasteiger partial charge >= 0.3 is 0 Å². The number of nitrogens with zero attached hydrogens (tertiary/aromatic N) is 1. The van der Waals surface area contributed by atoms with Gasteiger partial charge in [0.2, 0.25) is 0 Å². The molecule has 0 aliphatic carbocycles. The van der Waals surface area contributed by atoms with Crippen molar-refractivity contribution in [1.82, 2.24) is 4.90 Å². The van der Waals surface area contributed by atoms with E-state index in [2.05, 4.69) is 11.9 Å². The molecule has 0 aromatic rings. The van der Waals surface area contributed by atoms with E-state index in [9.17, 15) is 0 Å². The van der Waals surface area contributed by atoms with Crippen molar-refractivity contribution in [3.05, 3.63) is 0 Å². The number of hydrogen-bond acceptors (Lipinski definition) is 3. The van der Waals surface area contributed by atoms with E-state index in [0.29, 0.717) is 6.10 Å². The van der Waals surface area contributed by atoms with Crippen molar-refractivity contribution >= 4 is 0 Å². The Hall–Kier alpha value is -0.120. The molecule has 1 aliphatic rings. The highest BCUT2D eigenvalue weighted by Crippen LogP contribution is 2.12. The molecular formula is C10H22N2O. The van der Waals surface area contributed by atoms with Gasteiger partial charge in [0.05, 0.1) is 6.10 Å². The van der Waals surface area contributed by atoms with Gasteiger partial charge in [-0.05, 0) is 45.8 Å². The molecule has 1 aliphatic heterocycles. The standard InChI is InChI=1S/C10H22N2O/c1-12-7-3-2-5-10(9-12)13-8-4-6-11/h10H,2-9,11H2,1H3. The molecular weight excluding hydrogens is 164 g/mol. The first-order valence-electron chi connectivity index (χ1n) is 5.33. The lowest BCUT2D eigenvalue weighted by atomic mass is 10.2. The molecule has 0 saturated carbocycles. The molecule has 1 fully saturated rings. The molecule has 13 heavy (non-hydrogen) atoms. The van der Waals surface area contributed by atoms with Crippen LogP contribution in [0.2, 0.25) is 0 Å². The molecule has 1 heterocycles. The summed E-state index contributed by atoms with van der Waals surface area (Å²) in [5.74, 6) is 0. The molecule has 1 rings (SSSR count). The summed E-state index contributed by atoms with van der Waals surface area (Å²) in [6, 6.07) is 0. The van der Waals surface area contributed by atoms with E-state index < -0.39 is 0 Å². The first-order chi connectivity index (χ1) is 6.33. The Morgan fingerprint density at radius 1 is 1.46 bits per heavy atom. The first kappa shape index (κ1) is 11.0. The van der Waals surface area contributed by atoms with Crippen LogP contribution < -0.4 is 5.73 Å². The largest absolute Gasteiger partial charge is 0.377 e. The minimum absolute atomic E-state index is 0.444. The second kappa shape index (κ2) is 6.35. The van der Waals surface area contributed by atoms with E-state index >= 15 is 0 Å². The fourth-order valence-corrected chi connectivity index (χ4v) is 1.75. The van der Waals surface area contributed by atoms with Gasteiger partial charge in [-0.2, -0.15) is 0 Å². The molecule has 1 atom stereocenters. The van der Waals surface area contributed by atoms with Gasteiger partial charge in [-0.25, -0.2) is 0 Å². The third-order valence-corrected chi connectivity index (χ3v) is 2.53. The zero-order valence-corrected chi connectivity index (χ0v) is 8.67. The van der Waals surface area contributed by atoms with E-state index in [1.807, 2.05) is 0 Å². The van der Waals surface area contributed by atoms with Gasteiger partial charge in [-0.15, -0.1) is 0 Å². The Labute approximate surface area is 81.2 Å². The lowest BCUT2D eigenvalue weighted by molar-refractivity contribution is 0.0331. The zero-order valence-electron chi connectivity index (χ0n) is 8.67. The van der Waals surface area contributed by atoms with Gasteiger partial charge in [0.1, 0.15) is 0 Å². The molecule has 0 bridgehead atoms. The number of nitrogens with two attached hydrogens (primary N) is 1. The summed E-state index contributed by atoms with van der Waals surface area (Å²) < 4.78 is 5.75. The van der Waals surface area contributed by atoms with Crippen molar-refractivity contribution in [3.63, 3.8) is 0 Å². The Kier molecular flexibility index (Phi) is 5.35. The van der Waals surface area contributed by atoms with Crippen LogP contribution in [-0.4, -0.2) is 44.3 Å². The maximum Gasteiger partial charge on any atom is 0.0701 e. The highest BCUT2D eigenvalue weighted by molar-refractivity contribution is 4.68. The number of hydrogen-bond donors (Lipinski definition) is 1. The Bertz CT molecular complexity index is 130. The second-order valence-electron chi connectivity index (χ2n) is 3.89. The molecule has 1 unspecified atom stereocenters. The summed E-state index contributed by atoms with van der Waals surface area (Å²) in [6.45, 7) is 3.87. The smallest absolute Gasteiger partial charge is 0.0701 e. The van der Waals surface area contributed by atoms with Crippen LogP contribution in [-0.2, 0) is 4.74 Å². The maximum atomic E-state index is 5.75. The molecule has 1 saturated heterocycles. The topological polar surface area (TPSA) is 38.5 Å². The van der Waals surface area contributed by atoms with E-state index in [4.69, 9.17) is 10.5 Å². The van der Waals surface area contributed by atoms with Crippen LogP contribution in [0.1, 0.15) is 25.7 Å². The highest BCUT2D eigenvalue weighted by Gasteiger charge is 2.15. The zero-order chi connectivity index (χ0) is 9.52. The van der Waals surface area contributed by atoms with Gasteiger partial charge < -0.3 is 15.4 Å². The van der Waals surface area contributed by atoms with E-state index in [0.717, 1.165) is 26.1 Å². The van der Waals surface area contributed by atoms with Crippen molar-refractivity contribution in [2.45, 2.75) is 31.8 Å². The SMILES string of the molecule is CN1CCCCC(OCCCN)C1. The summed E-state index contributed by atoms with van der Waals surface area (Å²) in [4.78, 5) is 2.36. The van der Waals surface area contributed by atoms with Gasteiger partial charge in [0, 0.05) is 13.2 Å². The second-order valence-corrected chi connectivity index (χ2v) is 3.89. The fourth-order valence-electron chi connectivity index (χ4n) is 1.75. The van der Waals surface area contributed by atoms with E-state index in [-0.39, 0.29) is 0 Å². The van der Waals surface area contributed by atoms with E-state index in [1.165, 1.54) is 25.8 Å². The molecule has 2 N–H and O–H groups in total. The van der Waals surface area contributed by atoms with Crippen LogP contribution in [0.15, 0.2) is 0 Å². The highest BCUT2D eigenvalue weighted by atomic mass is 16.5. The Morgan fingerprint density at radius 2 is 2.31 bits per heavy atom. The number of rotatable bonds is 4. The van der Waals surface area contributed by atoms with Crippen molar-refractivity contribution < 1.29 is 4.74 Å².